The van der Waals surface area contributed by atoms with E-state index in [-0.39, 0.29) is 24.3 Å². The number of H-pyrrole nitrogens is 1. The zero-order valence-corrected chi connectivity index (χ0v) is 21.6. The van der Waals surface area contributed by atoms with E-state index in [1.54, 1.807) is 24.3 Å². The number of rotatable bonds is 6. The van der Waals surface area contributed by atoms with E-state index >= 15 is 0 Å². The second-order valence-electron chi connectivity index (χ2n) is 9.78. The fraction of sp³-hybridized carbons (Fsp3) is 0.276. The monoisotopic (exact) mass is 528 g/mol. The third kappa shape index (κ3) is 5.07. The van der Waals surface area contributed by atoms with Crippen molar-refractivity contribution in [2.75, 3.05) is 19.9 Å². The molecule has 2 aliphatic rings. The van der Waals surface area contributed by atoms with E-state index in [1.165, 1.54) is 10.1 Å². The van der Waals surface area contributed by atoms with Gasteiger partial charge in [-0.3, -0.25) is 19.1 Å². The van der Waals surface area contributed by atoms with E-state index in [4.69, 9.17) is 21.7 Å². The molecule has 6 rings (SSSR count). The summed E-state index contributed by atoms with van der Waals surface area (Å²) in [5, 5.41) is 3.66. The first kappa shape index (κ1) is 24.4. The van der Waals surface area contributed by atoms with Crippen LogP contribution in [0.1, 0.15) is 34.3 Å². The lowest BCUT2D eigenvalue weighted by molar-refractivity contribution is 0.0909. The molecule has 4 aromatic rings. The Labute approximate surface area is 224 Å². The van der Waals surface area contributed by atoms with E-state index in [2.05, 4.69) is 39.5 Å². The summed E-state index contributed by atoms with van der Waals surface area (Å²) in [6, 6.07) is 21.4. The number of aromatic nitrogens is 2. The van der Waals surface area contributed by atoms with Gasteiger partial charge < -0.3 is 19.8 Å². The van der Waals surface area contributed by atoms with Gasteiger partial charge in [0.2, 0.25) is 6.79 Å². The van der Waals surface area contributed by atoms with Crippen LogP contribution in [0.2, 0.25) is 0 Å². The van der Waals surface area contributed by atoms with Crippen LogP contribution in [0, 0.1) is 4.77 Å². The minimum Gasteiger partial charge on any atom is -0.454 e. The highest BCUT2D eigenvalue weighted by Gasteiger charge is 2.21. The topological polar surface area (TPSA) is 88.6 Å². The average Bonchev–Trinajstić information content (AvgIpc) is 3.40. The van der Waals surface area contributed by atoms with Gasteiger partial charge in [-0.1, -0.05) is 42.5 Å². The van der Waals surface area contributed by atoms with Gasteiger partial charge in [0.15, 0.2) is 16.3 Å². The molecule has 1 aromatic heterocycles. The fourth-order valence-corrected chi connectivity index (χ4v) is 5.33. The molecule has 0 bridgehead atoms. The van der Waals surface area contributed by atoms with Crippen molar-refractivity contribution in [2.45, 2.75) is 32.0 Å². The summed E-state index contributed by atoms with van der Waals surface area (Å²) in [6.45, 7) is 3.29. The molecule has 8 nitrogen and oxygen atoms in total. The number of fused-ring (bicyclic) bond motifs is 2. The van der Waals surface area contributed by atoms with E-state index < -0.39 is 0 Å². The number of carbonyl (C=O) groups excluding carboxylic acids is 1. The molecule has 194 valence electrons. The Morgan fingerprint density at radius 2 is 1.63 bits per heavy atom. The molecule has 2 aliphatic heterocycles. The molecule has 1 amide bonds. The van der Waals surface area contributed by atoms with E-state index in [0.717, 1.165) is 38.0 Å². The Balaban J connectivity index is 1.08. The van der Waals surface area contributed by atoms with Crippen molar-refractivity contribution in [2.24, 2.45) is 0 Å². The lowest BCUT2D eigenvalue weighted by Crippen LogP contribution is -2.44. The van der Waals surface area contributed by atoms with Crippen molar-refractivity contribution >= 4 is 29.0 Å². The molecule has 0 atom stereocenters. The molecule has 2 N–H and O–H groups in total. The predicted molar refractivity (Wildman–Crippen MR) is 147 cm³/mol. The number of benzene rings is 3. The van der Waals surface area contributed by atoms with Crippen molar-refractivity contribution in [1.82, 2.24) is 19.8 Å². The number of aromatic amines is 1. The number of carbonyl (C=O) groups is 1. The van der Waals surface area contributed by atoms with Gasteiger partial charge in [0.25, 0.3) is 11.5 Å². The molecule has 0 radical (unpaired) electrons. The van der Waals surface area contributed by atoms with Crippen LogP contribution in [-0.4, -0.2) is 46.3 Å². The molecule has 1 fully saturated rings. The third-order valence-corrected chi connectivity index (χ3v) is 7.53. The number of ether oxygens (including phenoxy) is 2. The number of hydrogen-bond donors (Lipinski definition) is 2. The number of amides is 1. The number of piperidine rings is 1. The molecule has 0 spiro atoms. The van der Waals surface area contributed by atoms with Crippen LogP contribution in [0.3, 0.4) is 0 Å². The van der Waals surface area contributed by atoms with Crippen molar-refractivity contribution < 1.29 is 14.3 Å². The van der Waals surface area contributed by atoms with Gasteiger partial charge in [0.1, 0.15) is 0 Å². The average molecular weight is 529 g/mol. The smallest absolute Gasteiger partial charge is 0.262 e. The van der Waals surface area contributed by atoms with Gasteiger partial charge in [-0.2, -0.15) is 0 Å². The first-order valence-electron chi connectivity index (χ1n) is 12.8. The van der Waals surface area contributed by atoms with Crippen LogP contribution >= 0.6 is 12.2 Å². The Hall–Kier alpha value is -3.95. The van der Waals surface area contributed by atoms with Crippen LogP contribution in [0.25, 0.3) is 10.9 Å². The van der Waals surface area contributed by atoms with Crippen LogP contribution in [-0.2, 0) is 13.1 Å². The molecular weight excluding hydrogens is 500 g/mol. The zero-order valence-electron chi connectivity index (χ0n) is 20.8. The SMILES string of the molecule is O=C(NC1CCN(Cc2ccccc2)CC1)c1ccc(Cn2c(=S)[nH]c3cc4c(cc3c2=O)OCO4)cc1. The van der Waals surface area contributed by atoms with Gasteiger partial charge in [-0.25, -0.2) is 0 Å². The predicted octanol–water partition coefficient (Wildman–Crippen LogP) is 4.23. The van der Waals surface area contributed by atoms with Gasteiger partial charge in [0, 0.05) is 37.3 Å². The van der Waals surface area contributed by atoms with E-state index in [9.17, 15) is 9.59 Å². The Morgan fingerprint density at radius 3 is 2.37 bits per heavy atom. The third-order valence-electron chi connectivity index (χ3n) is 7.20. The van der Waals surface area contributed by atoms with Crippen molar-refractivity contribution in [3.05, 3.63) is 98.5 Å². The zero-order chi connectivity index (χ0) is 26.1. The first-order chi connectivity index (χ1) is 18.5. The summed E-state index contributed by atoms with van der Waals surface area (Å²) < 4.78 is 12.6. The second kappa shape index (κ2) is 10.4. The maximum Gasteiger partial charge on any atom is 0.262 e. The first-order valence-corrected chi connectivity index (χ1v) is 13.2. The van der Waals surface area contributed by atoms with Crippen LogP contribution in [0.15, 0.2) is 71.5 Å². The maximum absolute atomic E-state index is 13.2. The van der Waals surface area contributed by atoms with Crippen molar-refractivity contribution in [1.29, 1.82) is 0 Å². The Bertz CT molecular complexity index is 1590. The quantitative estimate of drug-likeness (QED) is 0.364. The Morgan fingerprint density at radius 1 is 0.947 bits per heavy atom. The van der Waals surface area contributed by atoms with Gasteiger partial charge in [-0.05, 0) is 54.4 Å². The minimum absolute atomic E-state index is 0.0747. The van der Waals surface area contributed by atoms with Crippen LogP contribution < -0.4 is 20.3 Å². The van der Waals surface area contributed by atoms with Crippen molar-refractivity contribution in [3.63, 3.8) is 0 Å². The van der Waals surface area contributed by atoms with E-state index in [0.29, 0.717) is 39.3 Å². The number of nitrogens with zero attached hydrogens (tertiary/aromatic N) is 2. The molecule has 9 heteroatoms. The molecule has 3 heterocycles. The lowest BCUT2D eigenvalue weighted by atomic mass is 10.0. The lowest BCUT2D eigenvalue weighted by Gasteiger charge is -2.32. The van der Waals surface area contributed by atoms with E-state index in [1.807, 2.05) is 18.2 Å². The molecule has 0 aliphatic carbocycles. The molecule has 1 saturated heterocycles. The minimum atomic E-state index is -0.206. The summed E-state index contributed by atoms with van der Waals surface area (Å²) >= 11 is 5.47. The van der Waals surface area contributed by atoms with Gasteiger partial charge in [-0.15, -0.1) is 0 Å². The fourth-order valence-electron chi connectivity index (χ4n) is 5.08. The highest BCUT2D eigenvalue weighted by molar-refractivity contribution is 7.71. The number of hydrogen-bond acceptors (Lipinski definition) is 6. The summed E-state index contributed by atoms with van der Waals surface area (Å²) in [6.07, 6.45) is 1.86. The maximum atomic E-state index is 13.2. The molecule has 3 aromatic carbocycles. The number of likely N-dealkylation sites (tertiary alicyclic amines) is 1. The van der Waals surface area contributed by atoms with Gasteiger partial charge >= 0.3 is 0 Å². The van der Waals surface area contributed by atoms with Crippen LogP contribution in [0.4, 0.5) is 0 Å². The molecule has 0 saturated carbocycles. The summed E-state index contributed by atoms with van der Waals surface area (Å²) in [5.74, 6) is 1.06. The largest absolute Gasteiger partial charge is 0.454 e. The summed E-state index contributed by atoms with van der Waals surface area (Å²) in [4.78, 5) is 31.6. The summed E-state index contributed by atoms with van der Waals surface area (Å²) in [5.41, 5.74) is 3.19. The molecule has 0 unspecified atom stereocenters. The number of nitrogens with one attached hydrogen (secondary N) is 2. The molecular formula is C29H28N4O4S. The second-order valence-corrected chi connectivity index (χ2v) is 10.2. The van der Waals surface area contributed by atoms with Crippen LogP contribution in [0.5, 0.6) is 11.5 Å². The van der Waals surface area contributed by atoms with Gasteiger partial charge in [0.05, 0.1) is 17.4 Å². The standard InChI is InChI=1S/C29H28N4O4S/c34-27(30-22-10-12-32(13-11-22)16-19-4-2-1-3-5-19)21-8-6-20(7-9-21)17-33-28(35)23-14-25-26(37-18-36-25)15-24(23)31-29(33)38/h1-9,14-15,22H,10-13,16-18H2,(H,30,34)(H,31,38). The van der Waals surface area contributed by atoms with Crippen molar-refractivity contribution in [3.8, 4) is 11.5 Å². The Kier molecular flexibility index (Phi) is 6.70. The highest BCUT2D eigenvalue weighted by atomic mass is 32.1. The highest BCUT2D eigenvalue weighted by Crippen LogP contribution is 2.34. The summed E-state index contributed by atoms with van der Waals surface area (Å²) in [7, 11) is 0. The molecule has 38 heavy (non-hydrogen) atoms. The normalized spacial score (nSPS) is 15.6.